The van der Waals surface area contributed by atoms with Crippen LogP contribution in [0, 0.1) is 0 Å². The van der Waals surface area contributed by atoms with Crippen LogP contribution in [-0.4, -0.2) is 74.8 Å². The van der Waals surface area contributed by atoms with Gasteiger partial charge in [0.2, 0.25) is 0 Å². The van der Waals surface area contributed by atoms with Crippen LogP contribution in [0.3, 0.4) is 0 Å². The molecule has 0 bridgehead atoms. The van der Waals surface area contributed by atoms with E-state index in [1.54, 1.807) is 21.1 Å². The first-order valence-electron chi connectivity index (χ1n) is 22.9. The smallest absolute Gasteiger partial charge is 0.462 e. The van der Waals surface area contributed by atoms with Crippen LogP contribution in [0.5, 0.6) is 0 Å². The predicted octanol–water partition coefficient (Wildman–Crippen LogP) is 11.4. The molecule has 0 amide bonds. The average molecular weight is 752 g/mol. The molecule has 10 heteroatoms. The maximum absolute atomic E-state index is 13.0. The highest BCUT2D eigenvalue weighted by molar-refractivity contribution is 7.47. The summed E-state index contributed by atoms with van der Waals surface area (Å²) in [5.74, 6) is -2.20. The van der Waals surface area contributed by atoms with Crippen LogP contribution in [0.25, 0.3) is 0 Å². The Hall–Kier alpha value is -1.25. The molecule has 1 unspecified atom stereocenters. The van der Waals surface area contributed by atoms with Gasteiger partial charge in [-0.25, -0.2) is 4.57 Å². The van der Waals surface area contributed by atoms with E-state index in [2.05, 4.69) is 26.0 Å². The van der Waals surface area contributed by atoms with Crippen LogP contribution in [0.4, 0.5) is 0 Å². The molecule has 9 nitrogen and oxygen atoms in total. The average Bonchev–Trinajstić information content (AvgIpc) is 3.08. The minimum atomic E-state index is -5.25. The van der Waals surface area contributed by atoms with Gasteiger partial charge in [0.15, 0.2) is 6.08 Å². The van der Waals surface area contributed by atoms with E-state index in [9.17, 15) is 19.0 Å². The summed E-state index contributed by atoms with van der Waals surface area (Å²) in [5.41, 5.74) is 0. The summed E-state index contributed by atoms with van der Waals surface area (Å²) in [5, 5.41) is 0. The lowest BCUT2D eigenvalue weighted by Crippen LogP contribution is -2.37. The molecular weight excluding hydrogens is 665 g/mol. The Morgan fingerprint density at radius 2 is 1.06 bits per heavy atom. The van der Waals surface area contributed by atoms with Crippen molar-refractivity contribution in [2.75, 3.05) is 47.4 Å². The lowest BCUT2D eigenvalue weighted by Gasteiger charge is -2.24. The molecule has 0 rings (SSSR count). The van der Waals surface area contributed by atoms with Gasteiger partial charge in [-0.1, -0.05) is 148 Å². The number of phosphoric ester groups is 1. The number of phosphoric acid groups is 1. The van der Waals surface area contributed by atoms with Crippen molar-refractivity contribution in [2.24, 2.45) is 0 Å². The van der Waals surface area contributed by atoms with Gasteiger partial charge in [-0.05, 0) is 38.5 Å². The second-order valence-electron chi connectivity index (χ2n) is 14.9. The fourth-order valence-electron chi connectivity index (χ4n) is 5.39. The molecule has 0 aliphatic carbocycles. The normalized spacial score (nSPS) is 16.4. The zero-order valence-corrected chi connectivity index (χ0v) is 34.3. The van der Waals surface area contributed by atoms with E-state index >= 15 is 0 Å². The number of nitrogens with zero attached hydrogens (tertiary/aromatic N) is 1. The summed E-state index contributed by atoms with van der Waals surface area (Å²) in [6, 6.07) is 0. The molecule has 1 N–H and O–H groups in total. The van der Waals surface area contributed by atoms with Gasteiger partial charge in [0.05, 0.1) is 34.6 Å². The molecule has 0 spiro atoms. The molecule has 0 aromatic rings. The zero-order chi connectivity index (χ0) is 42.4. The number of esters is 2. The molecule has 0 aliphatic rings. The number of allylic oxidation sites excluding steroid dienone is 2. The lowest BCUT2D eigenvalue weighted by atomic mass is 10.0. The van der Waals surface area contributed by atoms with Crippen molar-refractivity contribution in [1.29, 1.82) is 0 Å². The number of unbranched alkanes of at least 4 members (excludes halogenated alkanes) is 22. The van der Waals surface area contributed by atoms with Gasteiger partial charge in [-0.2, -0.15) is 0 Å². The Kier molecular flexibility index (Phi) is 27.7. The van der Waals surface area contributed by atoms with Crippen LogP contribution >= 0.6 is 7.82 Å². The number of ether oxygens (including phenoxy) is 2. The van der Waals surface area contributed by atoms with Crippen molar-refractivity contribution < 1.29 is 48.9 Å². The fraction of sp³-hybridized carbons (Fsp3) is 0.902. The third kappa shape index (κ3) is 38.3. The monoisotopic (exact) mass is 752 g/mol. The molecule has 0 aromatic heterocycles. The maximum atomic E-state index is 13.0. The van der Waals surface area contributed by atoms with E-state index in [0.717, 1.165) is 51.4 Å². The van der Waals surface area contributed by atoms with Gasteiger partial charge in [-0.15, -0.1) is 0 Å². The molecule has 51 heavy (non-hydrogen) atoms. The molecule has 0 saturated carbocycles. The number of hydrogen-bond acceptors (Lipinski definition) is 7. The van der Waals surface area contributed by atoms with Crippen molar-refractivity contribution in [3.8, 4) is 0 Å². The molecular formula is C41H81NO8P+. The second kappa shape index (κ2) is 34.5. The van der Waals surface area contributed by atoms with Crippen molar-refractivity contribution in [3.05, 3.63) is 12.2 Å². The molecule has 0 radical (unpaired) electrons. The summed E-state index contributed by atoms with van der Waals surface area (Å²) < 4.78 is 75.3. The third-order valence-corrected chi connectivity index (χ3v) is 9.45. The highest BCUT2D eigenvalue weighted by atomic mass is 31.2. The van der Waals surface area contributed by atoms with Crippen molar-refractivity contribution >= 4 is 19.8 Å². The Morgan fingerprint density at radius 3 is 1.53 bits per heavy atom. The molecule has 0 saturated heterocycles. The van der Waals surface area contributed by atoms with Gasteiger partial charge < -0.3 is 18.9 Å². The van der Waals surface area contributed by atoms with Gasteiger partial charge >= 0.3 is 19.8 Å². The van der Waals surface area contributed by atoms with Crippen LogP contribution in [0.2, 0.25) is 0 Å². The third-order valence-electron chi connectivity index (χ3n) is 8.62. The fourth-order valence-corrected chi connectivity index (χ4v) is 5.95. The van der Waals surface area contributed by atoms with Crippen LogP contribution in [0.15, 0.2) is 12.2 Å². The Balaban J connectivity index is 5.14. The summed E-state index contributed by atoms with van der Waals surface area (Å²) in [4.78, 5) is 36.1. The summed E-state index contributed by atoms with van der Waals surface area (Å²) in [6.07, 6.45) is 26.6. The summed E-state index contributed by atoms with van der Waals surface area (Å²) in [7, 11) is 0.157. The molecule has 0 fully saturated rings. The largest absolute Gasteiger partial charge is 0.472 e. The molecule has 2 atom stereocenters. The van der Waals surface area contributed by atoms with E-state index in [1.165, 1.54) is 83.5 Å². The number of carbonyl (C=O) groups is 2. The molecule has 0 aliphatic heterocycles. The minimum Gasteiger partial charge on any atom is -0.462 e. The van der Waals surface area contributed by atoms with Crippen LogP contribution < -0.4 is 0 Å². The lowest BCUT2D eigenvalue weighted by molar-refractivity contribution is -0.870. The molecule has 302 valence electrons. The van der Waals surface area contributed by atoms with Gasteiger partial charge in [-0.3, -0.25) is 18.6 Å². The topological polar surface area (TPSA) is 108 Å². The van der Waals surface area contributed by atoms with E-state index in [1.807, 2.05) is 0 Å². The standard InChI is InChI=1S/C41H80NO8P/c1-6-8-10-12-14-16-18-20-22-23-25-27-29-31-33-40(43)47-37-39(38-49-51(45,46)48-36-35-42(3,4)5)50-41(44)34-32-30-28-26-24-21-19-17-15-13-11-9-7-2/h17,19,39H,6-16,18,20-38H2,1-5H3/p+1/b19-17-/t39-/m1/s1/i37D2,38D2,39D. The minimum absolute atomic E-state index is 0.202. The van der Waals surface area contributed by atoms with Crippen molar-refractivity contribution in [1.82, 2.24) is 0 Å². The SMILES string of the molecule is [2H]C([2H])(OC(=O)CCCCCCCCCCCCCCCC)[C@@]([2H])(OC(=O)CCCCCCC/C=C\CCCCCC)C([2H])([2H])OP(=O)(O)OCC[N+](C)(C)C. The highest BCUT2D eigenvalue weighted by Gasteiger charge is 2.27. The predicted molar refractivity (Wildman–Crippen MR) is 211 cm³/mol. The summed E-state index contributed by atoms with van der Waals surface area (Å²) in [6.45, 7) is -3.06. The van der Waals surface area contributed by atoms with E-state index in [-0.39, 0.29) is 26.0 Å². The molecule has 0 aromatic carbocycles. The number of likely N-dealkylation sites (N-methyl/N-ethyl adjacent to an activating group) is 1. The van der Waals surface area contributed by atoms with Crippen molar-refractivity contribution in [2.45, 2.75) is 193 Å². The second-order valence-corrected chi connectivity index (χ2v) is 16.2. The van der Waals surface area contributed by atoms with Crippen LogP contribution in [-0.2, 0) is 32.7 Å². The number of hydrogen-bond donors (Lipinski definition) is 1. The first-order chi connectivity index (χ1) is 26.3. The van der Waals surface area contributed by atoms with Gasteiger partial charge in [0.25, 0.3) is 0 Å². The first-order valence-corrected chi connectivity index (χ1v) is 21.9. The first kappa shape index (κ1) is 40.9. The Labute approximate surface area is 321 Å². The van der Waals surface area contributed by atoms with Crippen LogP contribution in [0.1, 0.15) is 194 Å². The van der Waals surface area contributed by atoms with Gasteiger partial charge in [0.1, 0.15) is 19.7 Å². The zero-order valence-electron chi connectivity index (χ0n) is 38.4. The quantitative estimate of drug-likeness (QED) is 0.0218. The van der Waals surface area contributed by atoms with E-state index < -0.39 is 39.0 Å². The number of quaternary nitrogens is 1. The van der Waals surface area contributed by atoms with Gasteiger partial charge in [0, 0.05) is 12.8 Å². The Morgan fingerprint density at radius 1 is 0.647 bits per heavy atom. The molecule has 0 heterocycles. The summed E-state index contributed by atoms with van der Waals surface area (Å²) >= 11 is 0. The number of carbonyl (C=O) groups excluding carboxylic acids is 2. The highest BCUT2D eigenvalue weighted by Crippen LogP contribution is 2.43. The number of rotatable bonds is 38. The van der Waals surface area contributed by atoms with E-state index in [4.69, 9.17) is 25.4 Å². The Bertz CT molecular complexity index is 1110. The van der Waals surface area contributed by atoms with Crippen molar-refractivity contribution in [3.63, 3.8) is 0 Å². The van der Waals surface area contributed by atoms with E-state index in [0.29, 0.717) is 30.2 Å². The maximum Gasteiger partial charge on any atom is 0.472 e.